The zero-order chi connectivity index (χ0) is 20.3. The smallest absolute Gasteiger partial charge is 0.326 e. The molecule has 0 aliphatic heterocycles. The molecule has 12 heteroatoms. The van der Waals surface area contributed by atoms with Crippen LogP contribution in [0.15, 0.2) is 0 Å². The number of hydrogen-bond donors (Lipinski definition) is 6. The Morgan fingerprint density at radius 2 is 1.58 bits per heavy atom. The lowest BCUT2D eigenvalue weighted by Gasteiger charge is -2.22. The molecule has 0 unspecified atom stereocenters. The summed E-state index contributed by atoms with van der Waals surface area (Å²) in [6.07, 6.45) is 0.818. The second-order valence-electron chi connectivity index (χ2n) is 5.45. The van der Waals surface area contributed by atoms with Gasteiger partial charge in [0.2, 0.25) is 17.7 Å². The van der Waals surface area contributed by atoms with Gasteiger partial charge in [0.25, 0.3) is 0 Å². The lowest BCUT2D eigenvalue weighted by atomic mass is 10.1. The Morgan fingerprint density at radius 1 is 1.00 bits per heavy atom. The summed E-state index contributed by atoms with van der Waals surface area (Å²) < 4.78 is 0. The standard InChI is InChI=1S/C14H24N4O7S/c1-26-5-4-8(17-12(22)7(15)6-10(16)19)13(23)18-9(14(24)25)2-3-11(20)21/h7-9H,2-6,15H2,1H3,(H2,16,19)(H,17,22)(H,18,23)(H,20,21)(H,24,25)/t7-,8-,9-/m0/s1. The Bertz CT molecular complexity index is 543. The predicted octanol–water partition coefficient (Wildman–Crippen LogP) is -2.14. The molecule has 0 saturated heterocycles. The number of carboxylic acid groups (broad SMARTS) is 2. The summed E-state index contributed by atoms with van der Waals surface area (Å²) >= 11 is 1.40. The number of carboxylic acids is 2. The van der Waals surface area contributed by atoms with Crippen molar-refractivity contribution in [3.05, 3.63) is 0 Å². The number of carbonyl (C=O) groups is 5. The van der Waals surface area contributed by atoms with E-state index in [2.05, 4.69) is 10.6 Å². The number of primary amides is 1. The van der Waals surface area contributed by atoms with Crippen molar-refractivity contribution in [1.82, 2.24) is 10.6 Å². The van der Waals surface area contributed by atoms with Crippen LogP contribution in [0.3, 0.4) is 0 Å². The minimum atomic E-state index is -1.41. The first-order valence-corrected chi connectivity index (χ1v) is 9.06. The van der Waals surface area contributed by atoms with E-state index in [1.807, 2.05) is 0 Å². The average molecular weight is 392 g/mol. The maximum Gasteiger partial charge on any atom is 0.326 e. The van der Waals surface area contributed by atoms with Gasteiger partial charge in [-0.15, -0.1) is 0 Å². The minimum absolute atomic E-state index is 0.188. The molecule has 0 aliphatic rings. The van der Waals surface area contributed by atoms with Crippen LogP contribution in [0.5, 0.6) is 0 Å². The van der Waals surface area contributed by atoms with Crippen LogP contribution in [0.4, 0.5) is 0 Å². The minimum Gasteiger partial charge on any atom is -0.481 e. The molecule has 0 bridgehead atoms. The second-order valence-corrected chi connectivity index (χ2v) is 6.44. The molecule has 0 aromatic rings. The van der Waals surface area contributed by atoms with Gasteiger partial charge in [0, 0.05) is 6.42 Å². The second kappa shape index (κ2) is 12.1. The average Bonchev–Trinajstić information content (AvgIpc) is 2.53. The van der Waals surface area contributed by atoms with Crippen LogP contribution in [-0.4, -0.2) is 70.0 Å². The van der Waals surface area contributed by atoms with Gasteiger partial charge >= 0.3 is 11.9 Å². The number of thioether (sulfide) groups is 1. The third kappa shape index (κ3) is 9.84. The van der Waals surface area contributed by atoms with Crippen molar-refractivity contribution in [2.45, 2.75) is 43.8 Å². The number of amides is 3. The van der Waals surface area contributed by atoms with Crippen molar-refractivity contribution >= 4 is 41.4 Å². The van der Waals surface area contributed by atoms with Gasteiger partial charge < -0.3 is 32.3 Å². The Balaban J connectivity index is 4.99. The molecule has 8 N–H and O–H groups in total. The van der Waals surface area contributed by atoms with Gasteiger partial charge in [0.15, 0.2) is 0 Å². The van der Waals surface area contributed by atoms with E-state index >= 15 is 0 Å². The first-order valence-electron chi connectivity index (χ1n) is 7.66. The van der Waals surface area contributed by atoms with E-state index in [0.717, 1.165) is 0 Å². The number of hydrogen-bond acceptors (Lipinski definition) is 7. The van der Waals surface area contributed by atoms with Gasteiger partial charge in [0.1, 0.15) is 12.1 Å². The summed E-state index contributed by atoms with van der Waals surface area (Å²) in [7, 11) is 0. The van der Waals surface area contributed by atoms with Crippen molar-refractivity contribution in [2.75, 3.05) is 12.0 Å². The predicted molar refractivity (Wildman–Crippen MR) is 93.2 cm³/mol. The normalized spacial score (nSPS) is 13.9. The quantitative estimate of drug-likeness (QED) is 0.202. The molecule has 0 saturated carbocycles. The molecule has 148 valence electrons. The first-order chi connectivity index (χ1) is 12.1. The number of nitrogens with two attached hydrogens (primary N) is 2. The molecule has 3 atom stereocenters. The van der Waals surface area contributed by atoms with E-state index in [9.17, 15) is 24.0 Å². The van der Waals surface area contributed by atoms with Crippen LogP contribution in [0.1, 0.15) is 25.7 Å². The maximum absolute atomic E-state index is 12.3. The number of aliphatic carboxylic acids is 2. The van der Waals surface area contributed by atoms with E-state index in [-0.39, 0.29) is 12.8 Å². The van der Waals surface area contributed by atoms with Gasteiger partial charge in [-0.3, -0.25) is 19.2 Å². The maximum atomic E-state index is 12.3. The van der Waals surface area contributed by atoms with Crippen molar-refractivity contribution in [1.29, 1.82) is 0 Å². The van der Waals surface area contributed by atoms with Crippen LogP contribution < -0.4 is 22.1 Å². The Labute approximate surface area is 154 Å². The van der Waals surface area contributed by atoms with Crippen molar-refractivity contribution in [3.63, 3.8) is 0 Å². The van der Waals surface area contributed by atoms with Gasteiger partial charge in [-0.05, 0) is 24.9 Å². The Kier molecular flexibility index (Phi) is 11.0. The van der Waals surface area contributed by atoms with Crippen LogP contribution in [0.2, 0.25) is 0 Å². The molecule has 0 spiro atoms. The van der Waals surface area contributed by atoms with Crippen molar-refractivity contribution in [2.24, 2.45) is 11.5 Å². The zero-order valence-electron chi connectivity index (χ0n) is 14.3. The summed E-state index contributed by atoms with van der Waals surface area (Å²) in [4.78, 5) is 56.8. The summed E-state index contributed by atoms with van der Waals surface area (Å²) in [6, 6.07) is -3.73. The molecule has 0 aromatic heterocycles. The molecular formula is C14H24N4O7S. The number of carbonyl (C=O) groups excluding carboxylic acids is 3. The van der Waals surface area contributed by atoms with Crippen LogP contribution >= 0.6 is 11.8 Å². The summed E-state index contributed by atoms with van der Waals surface area (Å²) in [5.41, 5.74) is 10.5. The Morgan fingerprint density at radius 3 is 2.04 bits per heavy atom. The Hall–Kier alpha value is -2.34. The largest absolute Gasteiger partial charge is 0.481 e. The van der Waals surface area contributed by atoms with Gasteiger partial charge in [0.05, 0.1) is 12.5 Å². The van der Waals surface area contributed by atoms with Gasteiger partial charge in [-0.1, -0.05) is 0 Å². The molecular weight excluding hydrogens is 368 g/mol. The highest BCUT2D eigenvalue weighted by Gasteiger charge is 2.28. The SMILES string of the molecule is CSCC[C@H](NC(=O)[C@@H](N)CC(N)=O)C(=O)N[C@@H](CCC(=O)O)C(=O)O. The molecule has 3 amide bonds. The van der Waals surface area contributed by atoms with E-state index in [4.69, 9.17) is 21.7 Å². The topological polar surface area (TPSA) is 202 Å². The van der Waals surface area contributed by atoms with Crippen molar-refractivity contribution < 1.29 is 34.2 Å². The third-order valence-corrected chi connectivity index (χ3v) is 3.91. The molecule has 0 heterocycles. The summed E-state index contributed by atoms with van der Waals surface area (Å²) in [5.74, 6) is -4.44. The lowest BCUT2D eigenvalue weighted by Crippen LogP contribution is -2.55. The fourth-order valence-corrected chi connectivity index (χ4v) is 2.36. The molecule has 0 aromatic carbocycles. The van der Waals surface area contributed by atoms with Gasteiger partial charge in [-0.2, -0.15) is 11.8 Å². The molecule has 0 aliphatic carbocycles. The highest BCUT2D eigenvalue weighted by Crippen LogP contribution is 2.05. The number of rotatable bonds is 13. The van der Waals surface area contributed by atoms with Crippen LogP contribution in [0, 0.1) is 0 Å². The van der Waals surface area contributed by atoms with Gasteiger partial charge in [-0.25, -0.2) is 4.79 Å². The third-order valence-electron chi connectivity index (χ3n) is 3.26. The summed E-state index contributed by atoms with van der Waals surface area (Å²) in [6.45, 7) is 0. The highest BCUT2D eigenvalue weighted by atomic mass is 32.2. The van der Waals surface area contributed by atoms with E-state index in [1.165, 1.54) is 11.8 Å². The van der Waals surface area contributed by atoms with E-state index < -0.39 is 60.6 Å². The lowest BCUT2D eigenvalue weighted by molar-refractivity contribution is -0.143. The summed E-state index contributed by atoms with van der Waals surface area (Å²) in [5, 5.41) is 22.3. The van der Waals surface area contributed by atoms with Crippen LogP contribution in [0.25, 0.3) is 0 Å². The molecule has 0 radical (unpaired) electrons. The van der Waals surface area contributed by atoms with Crippen molar-refractivity contribution in [3.8, 4) is 0 Å². The molecule has 26 heavy (non-hydrogen) atoms. The van der Waals surface area contributed by atoms with E-state index in [0.29, 0.717) is 5.75 Å². The van der Waals surface area contributed by atoms with E-state index in [1.54, 1.807) is 6.26 Å². The van der Waals surface area contributed by atoms with Crippen LogP contribution in [-0.2, 0) is 24.0 Å². The zero-order valence-corrected chi connectivity index (χ0v) is 15.1. The number of nitrogens with one attached hydrogen (secondary N) is 2. The fraction of sp³-hybridized carbons (Fsp3) is 0.643. The molecule has 0 rings (SSSR count). The monoisotopic (exact) mass is 392 g/mol. The molecule has 11 nitrogen and oxygen atoms in total. The first kappa shape index (κ1) is 23.7. The molecule has 0 fully saturated rings. The fourth-order valence-electron chi connectivity index (χ4n) is 1.89. The highest BCUT2D eigenvalue weighted by molar-refractivity contribution is 7.98.